The minimum absolute atomic E-state index is 0. The third-order valence-electron chi connectivity index (χ3n) is 3.06. The molecular weight excluding hydrogens is 325 g/mol. The van der Waals surface area contributed by atoms with Gasteiger partial charge >= 0.3 is 0 Å². The molecule has 1 atom stereocenters. The van der Waals surface area contributed by atoms with Crippen molar-refractivity contribution in [2.45, 2.75) is 26.8 Å². The molecule has 0 fully saturated rings. The van der Waals surface area contributed by atoms with Crippen molar-refractivity contribution in [3.8, 4) is 0 Å². The molecule has 7 heteroatoms. The fourth-order valence-electron chi connectivity index (χ4n) is 1.51. The lowest BCUT2D eigenvalue weighted by Crippen LogP contribution is -2.37. The Morgan fingerprint density at radius 1 is 1.23 bits per heavy atom. The number of hydrogen-bond acceptors (Lipinski definition) is 3. The quantitative estimate of drug-likeness (QED) is 0.740. The highest BCUT2D eigenvalue weighted by Gasteiger charge is 2.14. The highest BCUT2D eigenvalue weighted by atomic mass is 35.5. The van der Waals surface area contributed by atoms with Crippen molar-refractivity contribution in [1.82, 2.24) is 10.6 Å². The predicted octanol–water partition coefficient (Wildman–Crippen LogP) is 2.69. The lowest BCUT2D eigenvalue weighted by Gasteiger charge is -2.13. The molecule has 0 aliphatic carbocycles. The maximum atomic E-state index is 12.1. The second-order valence-electron chi connectivity index (χ2n) is 5.24. The molecule has 1 rings (SSSR count). The third kappa shape index (κ3) is 6.22. The van der Waals surface area contributed by atoms with Crippen LogP contribution in [0.3, 0.4) is 0 Å². The van der Waals surface area contributed by atoms with Gasteiger partial charge in [0.1, 0.15) is 0 Å². The number of rotatable bonds is 6. The maximum Gasteiger partial charge on any atom is 0.252 e. The van der Waals surface area contributed by atoms with Crippen molar-refractivity contribution >= 4 is 41.5 Å². The molecule has 2 amide bonds. The Morgan fingerprint density at radius 2 is 1.86 bits per heavy atom. The Hall–Kier alpha value is -1.30. The zero-order valence-electron chi connectivity index (χ0n) is 13.2. The van der Waals surface area contributed by atoms with Crippen LogP contribution in [0.2, 0.25) is 5.02 Å². The number of halogens is 2. The van der Waals surface area contributed by atoms with Gasteiger partial charge in [-0.05, 0) is 32.2 Å². The molecule has 3 N–H and O–H groups in total. The molecule has 0 aliphatic rings. The average molecular weight is 348 g/mol. The summed E-state index contributed by atoms with van der Waals surface area (Å²) >= 11 is 6.05. The molecule has 0 aromatic heterocycles. The van der Waals surface area contributed by atoms with Crippen molar-refractivity contribution in [1.29, 1.82) is 0 Å². The zero-order chi connectivity index (χ0) is 16.0. The Morgan fingerprint density at radius 3 is 2.41 bits per heavy atom. The van der Waals surface area contributed by atoms with Gasteiger partial charge in [0.15, 0.2) is 0 Å². The van der Waals surface area contributed by atoms with Crippen LogP contribution < -0.4 is 16.0 Å². The predicted molar refractivity (Wildman–Crippen MR) is 93.0 cm³/mol. The summed E-state index contributed by atoms with van der Waals surface area (Å²) in [6.45, 7) is 6.06. The van der Waals surface area contributed by atoms with E-state index in [9.17, 15) is 9.59 Å². The van der Waals surface area contributed by atoms with Gasteiger partial charge in [0, 0.05) is 24.2 Å². The normalized spacial score (nSPS) is 11.5. The Bertz CT molecular complexity index is 522. The largest absolute Gasteiger partial charge is 0.350 e. The SMILES string of the molecule is CNC(C)CNC(=O)c1cc(NC(=O)C(C)C)ccc1Cl.Cl. The molecule has 0 spiro atoms. The Balaban J connectivity index is 0.00000441. The molecule has 22 heavy (non-hydrogen) atoms. The monoisotopic (exact) mass is 347 g/mol. The maximum absolute atomic E-state index is 12.1. The zero-order valence-corrected chi connectivity index (χ0v) is 14.8. The number of carbonyl (C=O) groups is 2. The first kappa shape index (κ1) is 20.7. The molecule has 0 radical (unpaired) electrons. The van der Waals surface area contributed by atoms with E-state index in [0.29, 0.717) is 22.8 Å². The minimum atomic E-state index is -0.261. The topological polar surface area (TPSA) is 70.2 Å². The highest BCUT2D eigenvalue weighted by Crippen LogP contribution is 2.21. The molecule has 5 nitrogen and oxygen atoms in total. The van der Waals surface area contributed by atoms with Gasteiger partial charge in [-0.1, -0.05) is 25.4 Å². The molecule has 1 aromatic rings. The minimum Gasteiger partial charge on any atom is -0.350 e. The third-order valence-corrected chi connectivity index (χ3v) is 3.39. The van der Waals surface area contributed by atoms with Crippen molar-refractivity contribution < 1.29 is 9.59 Å². The van der Waals surface area contributed by atoms with Gasteiger partial charge in [-0.3, -0.25) is 9.59 Å². The summed E-state index contributed by atoms with van der Waals surface area (Å²) in [5.74, 6) is -0.496. The van der Waals surface area contributed by atoms with E-state index in [0.717, 1.165) is 0 Å². The molecule has 0 heterocycles. The number of hydrogen-bond donors (Lipinski definition) is 3. The lowest BCUT2D eigenvalue weighted by molar-refractivity contribution is -0.118. The van der Waals surface area contributed by atoms with E-state index in [1.54, 1.807) is 32.0 Å². The smallest absolute Gasteiger partial charge is 0.252 e. The van der Waals surface area contributed by atoms with Crippen LogP contribution in [-0.2, 0) is 4.79 Å². The van der Waals surface area contributed by atoms with Gasteiger partial charge in [0.25, 0.3) is 5.91 Å². The first-order valence-electron chi connectivity index (χ1n) is 6.91. The van der Waals surface area contributed by atoms with Gasteiger partial charge in [-0.15, -0.1) is 12.4 Å². The van der Waals surface area contributed by atoms with Crippen LogP contribution in [0.1, 0.15) is 31.1 Å². The van der Waals surface area contributed by atoms with Crippen LogP contribution in [0, 0.1) is 5.92 Å². The van der Waals surface area contributed by atoms with E-state index in [2.05, 4.69) is 16.0 Å². The van der Waals surface area contributed by atoms with E-state index >= 15 is 0 Å². The lowest BCUT2D eigenvalue weighted by atomic mass is 10.1. The van der Waals surface area contributed by atoms with E-state index in [1.807, 2.05) is 14.0 Å². The second kappa shape index (κ2) is 9.66. The van der Waals surface area contributed by atoms with Crippen LogP contribution in [0.5, 0.6) is 0 Å². The number of anilines is 1. The fourth-order valence-corrected chi connectivity index (χ4v) is 1.71. The molecule has 0 saturated carbocycles. The first-order valence-corrected chi connectivity index (χ1v) is 7.28. The summed E-state index contributed by atoms with van der Waals surface area (Å²) in [5, 5.41) is 8.93. The molecule has 124 valence electrons. The number of likely N-dealkylation sites (N-methyl/N-ethyl adjacent to an activating group) is 1. The Labute approximate surface area is 142 Å². The molecular formula is C15H23Cl2N3O2. The Kier molecular flexibility index (Phi) is 9.09. The molecule has 0 bridgehead atoms. The van der Waals surface area contributed by atoms with Crippen LogP contribution in [-0.4, -0.2) is 31.4 Å². The van der Waals surface area contributed by atoms with Gasteiger partial charge in [-0.2, -0.15) is 0 Å². The summed E-state index contributed by atoms with van der Waals surface area (Å²) in [6, 6.07) is 5.03. The first-order chi connectivity index (χ1) is 9.85. The summed E-state index contributed by atoms with van der Waals surface area (Å²) < 4.78 is 0. The number of amides is 2. The van der Waals surface area contributed by atoms with E-state index in [4.69, 9.17) is 11.6 Å². The molecule has 1 aromatic carbocycles. The standard InChI is InChI=1S/C15H22ClN3O2.ClH/c1-9(2)14(20)19-11-5-6-13(16)12(7-11)15(21)18-8-10(3)17-4;/h5-7,9-10,17H,8H2,1-4H3,(H,18,21)(H,19,20);1H. The summed E-state index contributed by atoms with van der Waals surface area (Å²) in [7, 11) is 1.83. The van der Waals surface area contributed by atoms with Crippen LogP contribution >= 0.6 is 24.0 Å². The van der Waals surface area contributed by atoms with E-state index in [1.165, 1.54) is 0 Å². The molecule has 0 aliphatic heterocycles. The molecule has 1 unspecified atom stereocenters. The number of benzene rings is 1. The summed E-state index contributed by atoms with van der Waals surface area (Å²) in [4.78, 5) is 23.8. The van der Waals surface area contributed by atoms with Crippen LogP contribution in [0.15, 0.2) is 18.2 Å². The van der Waals surface area contributed by atoms with E-state index in [-0.39, 0.29) is 36.2 Å². The number of nitrogens with one attached hydrogen (secondary N) is 3. The summed E-state index contributed by atoms with van der Waals surface area (Å²) in [6.07, 6.45) is 0. The van der Waals surface area contributed by atoms with Gasteiger partial charge in [0.2, 0.25) is 5.91 Å². The van der Waals surface area contributed by atoms with Gasteiger partial charge in [0.05, 0.1) is 10.6 Å². The summed E-state index contributed by atoms with van der Waals surface area (Å²) in [5.41, 5.74) is 0.909. The number of carbonyl (C=O) groups excluding carboxylic acids is 2. The molecule has 0 saturated heterocycles. The van der Waals surface area contributed by atoms with Gasteiger partial charge < -0.3 is 16.0 Å². The van der Waals surface area contributed by atoms with Crippen LogP contribution in [0.4, 0.5) is 5.69 Å². The average Bonchev–Trinajstić information content (AvgIpc) is 2.46. The van der Waals surface area contributed by atoms with E-state index < -0.39 is 0 Å². The van der Waals surface area contributed by atoms with Gasteiger partial charge in [-0.25, -0.2) is 0 Å². The fraction of sp³-hybridized carbons (Fsp3) is 0.467. The van der Waals surface area contributed by atoms with Crippen LogP contribution in [0.25, 0.3) is 0 Å². The van der Waals surface area contributed by atoms with Crippen molar-refractivity contribution in [3.63, 3.8) is 0 Å². The highest BCUT2D eigenvalue weighted by molar-refractivity contribution is 6.34. The van der Waals surface area contributed by atoms with Crippen molar-refractivity contribution in [2.75, 3.05) is 18.9 Å². The van der Waals surface area contributed by atoms with Crippen molar-refractivity contribution in [3.05, 3.63) is 28.8 Å². The van der Waals surface area contributed by atoms with Crippen molar-refractivity contribution in [2.24, 2.45) is 5.92 Å². The second-order valence-corrected chi connectivity index (χ2v) is 5.65.